The van der Waals surface area contributed by atoms with Crippen molar-refractivity contribution in [3.63, 3.8) is 0 Å². The summed E-state index contributed by atoms with van der Waals surface area (Å²) in [6.07, 6.45) is 0.261. The first-order valence-electron chi connectivity index (χ1n) is 15.4. The smallest absolute Gasteiger partial charge is 0.268 e. The number of para-hydroxylation sites is 1. The zero-order valence-electron chi connectivity index (χ0n) is 27.3. The zero-order valence-corrected chi connectivity index (χ0v) is 29.8. The summed E-state index contributed by atoms with van der Waals surface area (Å²) in [4.78, 5) is 0.0990. The van der Waals surface area contributed by atoms with Gasteiger partial charge in [0, 0.05) is 48.6 Å². The minimum atomic E-state index is -4.20. The Morgan fingerprint density at radius 1 is 0.776 bits per heavy atom. The molecule has 1 heterocycles. The molecule has 49 heavy (non-hydrogen) atoms. The lowest BCUT2D eigenvalue weighted by molar-refractivity contribution is 0.532. The fourth-order valence-corrected chi connectivity index (χ4v) is 10.6. The van der Waals surface area contributed by atoms with E-state index in [1.165, 1.54) is 16.1 Å². The number of rotatable bonds is 10. The van der Waals surface area contributed by atoms with Gasteiger partial charge in [0.25, 0.3) is 10.0 Å². The van der Waals surface area contributed by atoms with Crippen LogP contribution in [0, 0.1) is 11.6 Å². The Bertz CT molecular complexity index is 2090. The van der Waals surface area contributed by atoms with Gasteiger partial charge in [0.05, 0.1) is 10.4 Å². The molecule has 6 aromatic rings. The third-order valence-corrected chi connectivity index (χ3v) is 13.8. The normalized spacial score (nSPS) is 13.3. The first kappa shape index (κ1) is 36.5. The molecule has 5 nitrogen and oxygen atoms in total. The molecule has 0 spiro atoms. The Morgan fingerprint density at radius 2 is 1.27 bits per heavy atom. The summed E-state index contributed by atoms with van der Waals surface area (Å²) in [6.45, 7) is 5.40. The Hall–Kier alpha value is -3.79. The molecule has 249 valence electrons. The van der Waals surface area contributed by atoms with Crippen molar-refractivity contribution >= 4 is 59.2 Å². The predicted molar refractivity (Wildman–Crippen MR) is 199 cm³/mol. The average molecular weight is 712 g/mol. The molecule has 0 fully saturated rings. The lowest BCUT2D eigenvalue weighted by Gasteiger charge is -2.29. The van der Waals surface area contributed by atoms with Crippen LogP contribution in [0.3, 0.4) is 0 Å². The largest absolute Gasteiger partial charge is 0.598 e. The lowest BCUT2D eigenvalue weighted by atomic mass is 9.96. The van der Waals surface area contributed by atoms with Crippen LogP contribution in [-0.2, 0) is 27.5 Å². The Morgan fingerprint density at radius 3 is 1.80 bits per heavy atom. The minimum absolute atomic E-state index is 0. The summed E-state index contributed by atoms with van der Waals surface area (Å²) >= 11 is -1.71. The van der Waals surface area contributed by atoms with E-state index in [9.17, 15) is 21.8 Å². The molecule has 11 heteroatoms. The maximum atomic E-state index is 14.9. The number of hydrogen-bond donors (Lipinski definition) is 1. The molecule has 2 unspecified atom stereocenters. The Labute approximate surface area is 293 Å². The number of aromatic nitrogens is 1. The molecular weight excluding hydrogens is 676 g/mol. The van der Waals surface area contributed by atoms with Crippen LogP contribution in [0.25, 0.3) is 10.9 Å². The van der Waals surface area contributed by atoms with Gasteiger partial charge in [-0.15, -0.1) is 4.72 Å². The molecule has 5 aromatic carbocycles. The van der Waals surface area contributed by atoms with E-state index in [1.807, 2.05) is 66.7 Å². The van der Waals surface area contributed by atoms with Crippen LogP contribution >= 0.6 is 7.92 Å². The van der Waals surface area contributed by atoms with Crippen LogP contribution in [0.1, 0.15) is 43.6 Å². The molecule has 6 rings (SSSR count). The molecule has 0 aliphatic rings. The topological polar surface area (TPSA) is 74.2 Å². The highest BCUT2D eigenvalue weighted by Gasteiger charge is 2.37. The van der Waals surface area contributed by atoms with Crippen LogP contribution in [0.4, 0.5) is 8.78 Å². The van der Waals surface area contributed by atoms with Crippen molar-refractivity contribution < 1.29 is 21.8 Å². The van der Waals surface area contributed by atoms with Crippen molar-refractivity contribution in [1.82, 2.24) is 8.69 Å². The first-order chi connectivity index (χ1) is 22.9. The van der Waals surface area contributed by atoms with Crippen molar-refractivity contribution in [2.45, 2.75) is 42.6 Å². The molecule has 0 aliphatic heterocycles. The number of fused-ring (bicyclic) bond motifs is 1. The number of halogens is 2. The van der Waals surface area contributed by atoms with E-state index in [0.29, 0.717) is 22.2 Å². The van der Waals surface area contributed by atoms with E-state index >= 15 is 0 Å². The molecule has 1 aromatic heterocycles. The van der Waals surface area contributed by atoms with Crippen molar-refractivity contribution in [2.75, 3.05) is 0 Å². The highest BCUT2D eigenvalue weighted by atomic mass is 32.2. The summed E-state index contributed by atoms with van der Waals surface area (Å²) in [5, 5.41) is 2.62. The van der Waals surface area contributed by atoms with E-state index in [1.54, 1.807) is 69.3 Å². The number of benzene rings is 5. The maximum Gasteiger partial charge on any atom is 0.268 e. The van der Waals surface area contributed by atoms with Crippen molar-refractivity contribution in [2.24, 2.45) is 0 Å². The van der Waals surface area contributed by atoms with E-state index in [-0.39, 0.29) is 25.0 Å². The highest BCUT2D eigenvalue weighted by Crippen LogP contribution is 2.45. The summed E-state index contributed by atoms with van der Waals surface area (Å²) in [6, 6.07) is 37.3. The molecule has 0 aliphatic carbocycles. The Kier molecular flexibility index (Phi) is 11.2. The molecular formula is C38H35BF2N2O3PS2. The molecule has 0 amide bonds. The summed E-state index contributed by atoms with van der Waals surface area (Å²) in [5.41, 5.74) is 1.53. The molecule has 0 saturated carbocycles. The quantitative estimate of drug-likeness (QED) is 0.0906. The molecule has 2 atom stereocenters. The van der Waals surface area contributed by atoms with E-state index < -0.39 is 51.7 Å². The van der Waals surface area contributed by atoms with Crippen LogP contribution in [-0.4, -0.2) is 30.1 Å². The van der Waals surface area contributed by atoms with Gasteiger partial charge >= 0.3 is 0 Å². The van der Waals surface area contributed by atoms with Crippen molar-refractivity contribution in [3.8, 4) is 0 Å². The molecule has 0 saturated heterocycles. The number of nitrogens with zero attached hydrogens (tertiary/aromatic N) is 1. The van der Waals surface area contributed by atoms with Gasteiger partial charge in [0.15, 0.2) is 0 Å². The SMILES string of the molecule is CC(C)(C)[S+]([O-])NC(c1cc(F)cc(F)c1)c1c(CP(c2ccccc2)c2ccccc2)n(S(=O)(=O)c2ccccc2)c2ccccc12.[B]. The average Bonchev–Trinajstić information content (AvgIpc) is 3.40. The monoisotopic (exact) mass is 711 g/mol. The van der Waals surface area contributed by atoms with Gasteiger partial charge in [-0.3, -0.25) is 0 Å². The second-order valence-electron chi connectivity index (χ2n) is 12.4. The summed E-state index contributed by atoms with van der Waals surface area (Å²) < 4.78 is 77.0. The molecule has 3 radical (unpaired) electrons. The third kappa shape index (κ3) is 7.69. The fourth-order valence-electron chi connectivity index (χ4n) is 5.75. The van der Waals surface area contributed by atoms with Crippen molar-refractivity contribution in [1.29, 1.82) is 0 Å². The molecule has 0 bridgehead atoms. The minimum Gasteiger partial charge on any atom is -0.598 e. The highest BCUT2D eigenvalue weighted by molar-refractivity contribution is 7.91. The molecule has 1 N–H and O–H groups in total. The van der Waals surface area contributed by atoms with Crippen molar-refractivity contribution in [3.05, 3.63) is 162 Å². The zero-order chi connectivity index (χ0) is 34.1. The van der Waals surface area contributed by atoms with Gasteiger partial charge in [-0.25, -0.2) is 21.2 Å². The maximum absolute atomic E-state index is 14.9. The van der Waals surface area contributed by atoms with E-state index in [2.05, 4.69) is 4.72 Å². The van der Waals surface area contributed by atoms with Gasteiger partial charge in [-0.05, 0) is 75.2 Å². The van der Waals surface area contributed by atoms with Gasteiger partial charge < -0.3 is 4.55 Å². The van der Waals surface area contributed by atoms with E-state index in [4.69, 9.17) is 0 Å². The van der Waals surface area contributed by atoms with Gasteiger partial charge in [-0.2, -0.15) is 0 Å². The second-order valence-corrected chi connectivity index (χ2v) is 18.3. The fraction of sp³-hybridized carbons (Fsp3) is 0.158. The van der Waals surface area contributed by atoms with E-state index in [0.717, 1.165) is 16.7 Å². The van der Waals surface area contributed by atoms with Crippen LogP contribution < -0.4 is 15.3 Å². The van der Waals surface area contributed by atoms with Gasteiger partial charge in [0.2, 0.25) is 0 Å². The third-order valence-electron chi connectivity index (χ3n) is 7.98. The van der Waals surface area contributed by atoms with Gasteiger partial charge in [0.1, 0.15) is 22.4 Å². The standard InChI is InChI=1S/C38H35F2N2O3PS2.B/c1-38(2,3)47(43)41-37(27-23-28(39)25-29(40)24-27)36-33-21-13-14-22-34(33)42(48(44,45)32-19-11-6-12-20-32)35(36)26-46(30-15-7-4-8-16-30)31-17-9-5-10-18-31;/h4-25,37,41H,26H2,1-3H3;. The predicted octanol–water partition coefficient (Wildman–Crippen LogP) is 7.55. The van der Waals surface area contributed by atoms with Gasteiger partial charge in [-0.1, -0.05) is 97.1 Å². The lowest BCUT2D eigenvalue weighted by Crippen LogP contribution is -2.42. The Balaban J connectivity index is 0.00000468. The first-order valence-corrected chi connectivity index (χ1v) is 19.5. The summed E-state index contributed by atoms with van der Waals surface area (Å²) in [5.74, 6) is -1.59. The van der Waals surface area contributed by atoms with Crippen LogP contribution in [0.5, 0.6) is 0 Å². The van der Waals surface area contributed by atoms with Crippen LogP contribution in [0.15, 0.2) is 138 Å². The number of hydrogen-bond acceptors (Lipinski definition) is 4. The summed E-state index contributed by atoms with van der Waals surface area (Å²) in [7, 11) is -5.40. The number of nitrogens with one attached hydrogen (secondary N) is 1. The van der Waals surface area contributed by atoms with Crippen LogP contribution in [0.2, 0.25) is 0 Å². The second kappa shape index (κ2) is 15.0.